The standard InChI is InChI=1S/C24H24N4O4/c1-26-19-5-3-4-6-21(19)32-15-20(23(26)29)28-12-11-17-14-27(25-22(17)24(28)30)13-16-7-9-18(31-2)10-8-16/h3-10,14,20H,11-13,15H2,1-2H3/t20-/m0/s1. The largest absolute Gasteiger partial charge is 0.497 e. The Morgan fingerprint density at radius 1 is 1.12 bits per heavy atom. The number of nitrogens with zero attached hydrogens (tertiary/aromatic N) is 4. The lowest BCUT2D eigenvalue weighted by atomic mass is 10.0. The molecule has 8 heteroatoms. The number of ether oxygens (including phenoxy) is 2. The Balaban J connectivity index is 1.36. The van der Waals surface area contributed by atoms with E-state index in [2.05, 4.69) is 5.10 Å². The van der Waals surface area contributed by atoms with E-state index in [0.29, 0.717) is 36.6 Å². The van der Waals surface area contributed by atoms with Crippen LogP contribution in [0.1, 0.15) is 21.6 Å². The van der Waals surface area contributed by atoms with E-state index in [0.717, 1.165) is 16.9 Å². The summed E-state index contributed by atoms with van der Waals surface area (Å²) in [5.74, 6) is 1.03. The molecule has 2 amide bonds. The van der Waals surface area contributed by atoms with Gasteiger partial charge in [-0.3, -0.25) is 14.3 Å². The third kappa shape index (κ3) is 3.47. The number of carbonyl (C=O) groups is 2. The lowest BCUT2D eigenvalue weighted by Crippen LogP contribution is -2.54. The van der Waals surface area contributed by atoms with E-state index in [-0.39, 0.29) is 18.4 Å². The van der Waals surface area contributed by atoms with Crippen molar-refractivity contribution in [3.63, 3.8) is 0 Å². The van der Waals surface area contributed by atoms with Crippen molar-refractivity contribution in [2.75, 3.05) is 32.2 Å². The molecule has 8 nitrogen and oxygen atoms in total. The van der Waals surface area contributed by atoms with Gasteiger partial charge in [0.2, 0.25) is 0 Å². The highest BCUT2D eigenvalue weighted by Gasteiger charge is 2.39. The van der Waals surface area contributed by atoms with Crippen LogP contribution in [0.5, 0.6) is 11.5 Å². The Labute approximate surface area is 185 Å². The van der Waals surface area contributed by atoms with Gasteiger partial charge >= 0.3 is 0 Å². The Kier molecular flexibility index (Phi) is 5.05. The number of anilines is 1. The molecule has 0 spiro atoms. The van der Waals surface area contributed by atoms with Gasteiger partial charge in [-0.05, 0) is 36.2 Å². The number of carbonyl (C=O) groups excluding carboxylic acids is 2. The minimum atomic E-state index is -0.695. The van der Waals surface area contributed by atoms with E-state index >= 15 is 0 Å². The Bertz CT molecular complexity index is 1170. The SMILES string of the molecule is COc1ccc(Cn2cc3c(n2)C(=O)N([C@H]2COc4ccccc4N(C)C2=O)CC3)cc1. The minimum Gasteiger partial charge on any atom is -0.497 e. The van der Waals surface area contributed by atoms with Crippen molar-refractivity contribution >= 4 is 17.5 Å². The van der Waals surface area contributed by atoms with Crippen LogP contribution < -0.4 is 14.4 Å². The summed E-state index contributed by atoms with van der Waals surface area (Å²) in [6.07, 6.45) is 2.56. The van der Waals surface area contributed by atoms with E-state index in [9.17, 15) is 9.59 Å². The summed E-state index contributed by atoms with van der Waals surface area (Å²) in [5.41, 5.74) is 3.07. The second kappa shape index (κ2) is 8.03. The van der Waals surface area contributed by atoms with Crippen molar-refractivity contribution in [2.24, 2.45) is 0 Å². The highest BCUT2D eigenvalue weighted by molar-refractivity contribution is 6.03. The fourth-order valence-corrected chi connectivity index (χ4v) is 4.26. The second-order valence-electron chi connectivity index (χ2n) is 7.99. The third-order valence-electron chi connectivity index (χ3n) is 6.04. The second-order valence-corrected chi connectivity index (χ2v) is 7.99. The van der Waals surface area contributed by atoms with Gasteiger partial charge in [0.15, 0.2) is 5.69 Å². The smallest absolute Gasteiger partial charge is 0.275 e. The predicted molar refractivity (Wildman–Crippen MR) is 118 cm³/mol. The van der Waals surface area contributed by atoms with Crippen molar-refractivity contribution in [1.29, 1.82) is 0 Å². The molecule has 0 N–H and O–H groups in total. The van der Waals surface area contributed by atoms with Crippen molar-refractivity contribution in [3.05, 3.63) is 71.5 Å². The molecule has 0 radical (unpaired) electrons. The van der Waals surface area contributed by atoms with Gasteiger partial charge in [-0.15, -0.1) is 0 Å². The molecule has 164 valence electrons. The monoisotopic (exact) mass is 432 g/mol. The molecule has 0 saturated carbocycles. The van der Waals surface area contributed by atoms with Crippen LogP contribution in [-0.2, 0) is 17.8 Å². The molecule has 0 aliphatic carbocycles. The van der Waals surface area contributed by atoms with Crippen molar-refractivity contribution in [3.8, 4) is 11.5 Å². The summed E-state index contributed by atoms with van der Waals surface area (Å²) < 4.78 is 12.9. The fourth-order valence-electron chi connectivity index (χ4n) is 4.26. The summed E-state index contributed by atoms with van der Waals surface area (Å²) in [4.78, 5) is 29.7. The number of methoxy groups -OCH3 is 1. The van der Waals surface area contributed by atoms with Crippen LogP contribution >= 0.6 is 0 Å². The van der Waals surface area contributed by atoms with Gasteiger partial charge in [0.25, 0.3) is 11.8 Å². The lowest BCUT2D eigenvalue weighted by molar-refractivity contribution is -0.123. The average molecular weight is 432 g/mol. The Morgan fingerprint density at radius 3 is 2.69 bits per heavy atom. The van der Waals surface area contributed by atoms with Crippen molar-refractivity contribution in [1.82, 2.24) is 14.7 Å². The number of hydrogen-bond acceptors (Lipinski definition) is 5. The maximum atomic E-state index is 13.3. The number of amides is 2. The van der Waals surface area contributed by atoms with Crippen LogP contribution in [-0.4, -0.2) is 59.8 Å². The molecule has 0 bridgehead atoms. The first-order valence-corrected chi connectivity index (χ1v) is 10.5. The summed E-state index contributed by atoms with van der Waals surface area (Å²) in [7, 11) is 3.35. The summed E-state index contributed by atoms with van der Waals surface area (Å²) in [6, 6.07) is 14.5. The zero-order chi connectivity index (χ0) is 22.2. The number of aromatic nitrogens is 2. The topological polar surface area (TPSA) is 76.9 Å². The molecule has 2 aliphatic rings. The van der Waals surface area contributed by atoms with Crippen LogP contribution in [0.25, 0.3) is 0 Å². The summed E-state index contributed by atoms with van der Waals surface area (Å²) in [5, 5.41) is 4.55. The first-order chi connectivity index (χ1) is 15.5. The zero-order valence-corrected chi connectivity index (χ0v) is 18.0. The maximum Gasteiger partial charge on any atom is 0.275 e. The maximum absolute atomic E-state index is 13.3. The molecule has 3 aromatic rings. The molecule has 32 heavy (non-hydrogen) atoms. The number of para-hydroxylation sites is 2. The van der Waals surface area contributed by atoms with Gasteiger partial charge in [0.05, 0.1) is 19.3 Å². The Morgan fingerprint density at radius 2 is 1.91 bits per heavy atom. The van der Waals surface area contributed by atoms with Crippen molar-refractivity contribution in [2.45, 2.75) is 19.0 Å². The van der Waals surface area contributed by atoms with Crippen LogP contribution in [0.4, 0.5) is 5.69 Å². The lowest BCUT2D eigenvalue weighted by Gasteiger charge is -2.33. The van der Waals surface area contributed by atoms with Crippen LogP contribution in [0.15, 0.2) is 54.7 Å². The van der Waals surface area contributed by atoms with Gasteiger partial charge in [0.1, 0.15) is 24.1 Å². The first-order valence-electron chi connectivity index (χ1n) is 10.5. The summed E-state index contributed by atoms with van der Waals surface area (Å²) >= 11 is 0. The number of fused-ring (bicyclic) bond motifs is 2. The van der Waals surface area contributed by atoms with Crippen LogP contribution in [0.2, 0.25) is 0 Å². The fraction of sp³-hybridized carbons (Fsp3) is 0.292. The van der Waals surface area contributed by atoms with Gasteiger partial charge in [0, 0.05) is 25.4 Å². The molecule has 1 aromatic heterocycles. The average Bonchev–Trinajstić information content (AvgIpc) is 3.18. The molecule has 2 aromatic carbocycles. The highest BCUT2D eigenvalue weighted by atomic mass is 16.5. The minimum absolute atomic E-state index is 0.119. The molecule has 0 saturated heterocycles. The predicted octanol–water partition coefficient (Wildman–Crippen LogP) is 2.36. The van der Waals surface area contributed by atoms with Gasteiger partial charge in [-0.2, -0.15) is 5.10 Å². The third-order valence-corrected chi connectivity index (χ3v) is 6.04. The van der Waals surface area contributed by atoms with E-state index in [1.807, 2.05) is 54.7 Å². The molecular formula is C24H24N4O4. The molecule has 0 fully saturated rings. The highest BCUT2D eigenvalue weighted by Crippen LogP contribution is 2.32. The van der Waals surface area contributed by atoms with Gasteiger partial charge in [-0.1, -0.05) is 24.3 Å². The Hall–Kier alpha value is -3.81. The number of benzene rings is 2. The number of rotatable bonds is 4. The first kappa shape index (κ1) is 20.1. The molecule has 3 heterocycles. The molecule has 5 rings (SSSR count). The van der Waals surface area contributed by atoms with Crippen molar-refractivity contribution < 1.29 is 19.1 Å². The quantitative estimate of drug-likeness (QED) is 0.633. The van der Waals surface area contributed by atoms with Crippen LogP contribution in [0.3, 0.4) is 0 Å². The van der Waals surface area contributed by atoms with Gasteiger partial charge < -0.3 is 19.3 Å². The molecular weight excluding hydrogens is 408 g/mol. The van der Waals surface area contributed by atoms with Crippen LogP contribution in [0, 0.1) is 0 Å². The molecule has 2 aliphatic heterocycles. The molecule has 1 atom stereocenters. The zero-order valence-electron chi connectivity index (χ0n) is 18.0. The van der Waals surface area contributed by atoms with E-state index in [1.54, 1.807) is 28.6 Å². The van der Waals surface area contributed by atoms with E-state index in [1.165, 1.54) is 0 Å². The van der Waals surface area contributed by atoms with E-state index < -0.39 is 6.04 Å². The number of hydrogen-bond donors (Lipinski definition) is 0. The van der Waals surface area contributed by atoms with E-state index in [4.69, 9.17) is 9.47 Å². The summed E-state index contributed by atoms with van der Waals surface area (Å²) in [6.45, 7) is 1.12. The molecule has 0 unspecified atom stereocenters. The number of likely N-dealkylation sites (N-methyl/N-ethyl adjacent to an activating group) is 1. The van der Waals surface area contributed by atoms with Gasteiger partial charge in [-0.25, -0.2) is 0 Å². The normalized spacial score (nSPS) is 18.0.